The van der Waals surface area contributed by atoms with Crippen LogP contribution in [0.25, 0.3) is 0 Å². The Hall–Kier alpha value is -0.520. The third kappa shape index (κ3) is 3.30. The monoisotopic (exact) mass is 368 g/mol. The quantitative estimate of drug-likeness (QED) is 0.832. The summed E-state index contributed by atoms with van der Waals surface area (Å²) in [5.74, 6) is 2.19. The van der Waals surface area contributed by atoms with Crippen molar-refractivity contribution < 1.29 is 4.79 Å². The number of aryl methyl sites for hydroxylation is 2. The predicted octanol–water partition coefficient (Wildman–Crippen LogP) is 2.84. The van der Waals surface area contributed by atoms with E-state index in [0.717, 1.165) is 30.7 Å². The van der Waals surface area contributed by atoms with Crippen molar-refractivity contribution in [1.82, 2.24) is 10.2 Å². The van der Waals surface area contributed by atoms with Crippen LogP contribution in [-0.4, -0.2) is 42.7 Å². The third-order valence-electron chi connectivity index (χ3n) is 4.55. The highest BCUT2D eigenvalue weighted by atomic mass is 79.9. The van der Waals surface area contributed by atoms with Crippen molar-refractivity contribution in [1.29, 1.82) is 0 Å². The summed E-state index contributed by atoms with van der Waals surface area (Å²) in [6.07, 6.45) is 0. The van der Waals surface area contributed by atoms with Gasteiger partial charge in [-0.25, -0.2) is 0 Å². The van der Waals surface area contributed by atoms with Gasteiger partial charge in [0.05, 0.1) is 5.75 Å². The number of hydrogen-bond acceptors (Lipinski definition) is 3. The van der Waals surface area contributed by atoms with Crippen LogP contribution in [0, 0.1) is 25.7 Å². The molecule has 0 saturated carbocycles. The molecule has 1 amide bonds. The fraction of sp³-hybridized carbons (Fsp3) is 0.562. The molecule has 2 atom stereocenters. The number of hydrogen-bond donors (Lipinski definition) is 1. The Morgan fingerprint density at radius 3 is 2.62 bits per heavy atom. The second-order valence-corrected chi connectivity index (χ2v) is 8.00. The second-order valence-electron chi connectivity index (χ2n) is 6.13. The largest absolute Gasteiger partial charge is 0.341 e. The molecule has 114 valence electrons. The molecule has 2 aliphatic heterocycles. The van der Waals surface area contributed by atoms with Gasteiger partial charge in [0.1, 0.15) is 0 Å². The van der Waals surface area contributed by atoms with E-state index in [9.17, 15) is 4.79 Å². The molecule has 21 heavy (non-hydrogen) atoms. The van der Waals surface area contributed by atoms with Crippen LogP contribution >= 0.6 is 27.7 Å². The molecular formula is C16H21BrN2OS. The van der Waals surface area contributed by atoms with Crippen molar-refractivity contribution in [3.63, 3.8) is 0 Å². The number of carbonyl (C=O) groups is 1. The van der Waals surface area contributed by atoms with Crippen molar-refractivity contribution in [3.05, 3.63) is 27.7 Å². The Bertz CT molecular complexity index is 551. The van der Waals surface area contributed by atoms with E-state index in [-0.39, 0.29) is 5.91 Å². The van der Waals surface area contributed by atoms with Crippen molar-refractivity contribution in [2.75, 3.05) is 31.9 Å². The Balaban J connectivity index is 1.58. The van der Waals surface area contributed by atoms with E-state index >= 15 is 0 Å². The third-order valence-corrected chi connectivity index (χ3v) is 6.55. The molecule has 0 bridgehead atoms. The average Bonchev–Trinajstić information content (AvgIpc) is 3.02. The highest BCUT2D eigenvalue weighted by Gasteiger charge is 2.37. The first-order valence-electron chi connectivity index (χ1n) is 7.42. The molecule has 1 aromatic rings. The number of rotatable bonds is 3. The van der Waals surface area contributed by atoms with Crippen LogP contribution in [0.15, 0.2) is 21.5 Å². The maximum absolute atomic E-state index is 12.4. The van der Waals surface area contributed by atoms with Crippen LogP contribution in [0.3, 0.4) is 0 Å². The van der Waals surface area contributed by atoms with E-state index < -0.39 is 0 Å². The molecule has 3 rings (SSSR count). The van der Waals surface area contributed by atoms with E-state index in [1.807, 2.05) is 0 Å². The van der Waals surface area contributed by atoms with Crippen LogP contribution in [0.4, 0.5) is 0 Å². The number of likely N-dealkylation sites (tertiary alicyclic amines) is 1. The fourth-order valence-corrected chi connectivity index (χ4v) is 4.67. The molecule has 1 N–H and O–H groups in total. The number of amides is 1. The molecule has 0 spiro atoms. The molecule has 2 aliphatic rings. The standard InChI is InChI=1S/C16H21BrN2OS/c1-10-4-15(11(2)3-14(10)17)21-9-16(20)19-7-12-5-18-6-13(12)8-19/h3-4,12-13,18H,5-9H2,1-2H3/t12-,13+. The zero-order valence-corrected chi connectivity index (χ0v) is 14.9. The lowest BCUT2D eigenvalue weighted by atomic mass is 10.0. The summed E-state index contributed by atoms with van der Waals surface area (Å²) >= 11 is 5.22. The molecular weight excluding hydrogens is 348 g/mol. The topological polar surface area (TPSA) is 32.3 Å². The van der Waals surface area contributed by atoms with Gasteiger partial charge in [0.25, 0.3) is 0 Å². The molecule has 0 aromatic heterocycles. The summed E-state index contributed by atoms with van der Waals surface area (Å²) in [6.45, 7) is 8.22. The molecule has 0 unspecified atom stereocenters. The van der Waals surface area contributed by atoms with Crippen molar-refractivity contribution >= 4 is 33.6 Å². The zero-order chi connectivity index (χ0) is 15.0. The van der Waals surface area contributed by atoms with Crippen LogP contribution in [0.1, 0.15) is 11.1 Å². The molecule has 5 heteroatoms. The van der Waals surface area contributed by atoms with Gasteiger partial charge in [0.2, 0.25) is 5.91 Å². The molecule has 2 heterocycles. The Morgan fingerprint density at radius 2 is 1.95 bits per heavy atom. The average molecular weight is 369 g/mol. The van der Waals surface area contributed by atoms with Gasteiger partial charge in [-0.05, 0) is 48.9 Å². The Kier molecular flexibility index (Phi) is 4.62. The highest BCUT2D eigenvalue weighted by Crippen LogP contribution is 2.30. The van der Waals surface area contributed by atoms with Crippen LogP contribution < -0.4 is 5.32 Å². The lowest BCUT2D eigenvalue weighted by Crippen LogP contribution is -2.33. The van der Waals surface area contributed by atoms with Gasteiger partial charge >= 0.3 is 0 Å². The van der Waals surface area contributed by atoms with Crippen LogP contribution in [-0.2, 0) is 4.79 Å². The summed E-state index contributed by atoms with van der Waals surface area (Å²) < 4.78 is 1.13. The first-order valence-corrected chi connectivity index (χ1v) is 9.20. The molecule has 2 fully saturated rings. The van der Waals surface area contributed by atoms with Gasteiger partial charge in [-0.1, -0.05) is 15.9 Å². The minimum absolute atomic E-state index is 0.286. The van der Waals surface area contributed by atoms with Crippen molar-refractivity contribution in [3.8, 4) is 0 Å². The maximum Gasteiger partial charge on any atom is 0.232 e. The first-order chi connectivity index (χ1) is 10.0. The van der Waals surface area contributed by atoms with E-state index in [2.05, 4.69) is 52.1 Å². The molecule has 0 radical (unpaired) electrons. The fourth-order valence-electron chi connectivity index (χ4n) is 3.20. The number of halogens is 1. The van der Waals surface area contributed by atoms with Crippen molar-refractivity contribution in [2.24, 2.45) is 11.8 Å². The number of benzene rings is 1. The van der Waals surface area contributed by atoms with E-state index in [0.29, 0.717) is 17.6 Å². The number of nitrogens with one attached hydrogen (secondary N) is 1. The van der Waals surface area contributed by atoms with Crippen LogP contribution in [0.2, 0.25) is 0 Å². The lowest BCUT2D eigenvalue weighted by molar-refractivity contribution is -0.127. The predicted molar refractivity (Wildman–Crippen MR) is 90.8 cm³/mol. The van der Waals surface area contributed by atoms with Gasteiger partial charge in [0.15, 0.2) is 0 Å². The molecule has 3 nitrogen and oxygen atoms in total. The highest BCUT2D eigenvalue weighted by molar-refractivity contribution is 9.10. The van der Waals surface area contributed by atoms with E-state index in [1.54, 1.807) is 11.8 Å². The lowest BCUT2D eigenvalue weighted by Gasteiger charge is -2.17. The summed E-state index contributed by atoms with van der Waals surface area (Å²) in [5.41, 5.74) is 2.45. The number of nitrogens with zero attached hydrogens (tertiary/aromatic N) is 1. The maximum atomic E-state index is 12.4. The normalized spacial score (nSPS) is 24.4. The molecule has 2 saturated heterocycles. The van der Waals surface area contributed by atoms with Gasteiger partial charge in [-0.2, -0.15) is 0 Å². The number of fused-ring (bicyclic) bond motifs is 1. The zero-order valence-electron chi connectivity index (χ0n) is 12.5. The van der Waals surface area contributed by atoms with E-state index in [4.69, 9.17) is 0 Å². The van der Waals surface area contributed by atoms with Gasteiger partial charge in [-0.15, -0.1) is 11.8 Å². The minimum Gasteiger partial charge on any atom is -0.341 e. The van der Waals surface area contributed by atoms with Gasteiger partial charge in [-0.3, -0.25) is 4.79 Å². The summed E-state index contributed by atoms with van der Waals surface area (Å²) in [5, 5.41) is 3.41. The smallest absolute Gasteiger partial charge is 0.232 e. The Morgan fingerprint density at radius 1 is 1.29 bits per heavy atom. The number of carbonyl (C=O) groups excluding carboxylic acids is 1. The number of thioether (sulfide) groups is 1. The SMILES string of the molecule is Cc1cc(SCC(=O)N2C[C@H]3CNC[C@H]3C2)c(C)cc1Br. The second kappa shape index (κ2) is 6.31. The summed E-state index contributed by atoms with van der Waals surface area (Å²) in [7, 11) is 0. The van der Waals surface area contributed by atoms with Crippen molar-refractivity contribution in [2.45, 2.75) is 18.7 Å². The van der Waals surface area contributed by atoms with Gasteiger partial charge in [0, 0.05) is 35.5 Å². The summed E-state index contributed by atoms with van der Waals surface area (Å²) in [6, 6.07) is 4.30. The minimum atomic E-state index is 0.286. The molecule has 1 aromatic carbocycles. The van der Waals surface area contributed by atoms with E-state index in [1.165, 1.54) is 16.0 Å². The van der Waals surface area contributed by atoms with Gasteiger partial charge < -0.3 is 10.2 Å². The first kappa shape index (κ1) is 15.4. The molecule has 0 aliphatic carbocycles. The summed E-state index contributed by atoms with van der Waals surface area (Å²) in [4.78, 5) is 15.7. The van der Waals surface area contributed by atoms with Crippen LogP contribution in [0.5, 0.6) is 0 Å². The Labute approximate surface area is 139 Å².